The highest BCUT2D eigenvalue weighted by molar-refractivity contribution is 7.99. The lowest BCUT2D eigenvalue weighted by Crippen LogP contribution is -2.52. The fraction of sp³-hybridized carbons (Fsp3) is 0.318. The molecule has 0 radical (unpaired) electrons. The molecule has 1 saturated heterocycles. The summed E-state index contributed by atoms with van der Waals surface area (Å²) in [6, 6.07) is 17.7. The van der Waals surface area contributed by atoms with Crippen molar-refractivity contribution in [3.05, 3.63) is 71.8 Å². The summed E-state index contributed by atoms with van der Waals surface area (Å²) in [5.74, 6) is -0.864. The van der Waals surface area contributed by atoms with Crippen molar-refractivity contribution in [1.29, 1.82) is 0 Å². The summed E-state index contributed by atoms with van der Waals surface area (Å²) in [4.78, 5) is 38.7. The van der Waals surface area contributed by atoms with Crippen molar-refractivity contribution < 1.29 is 19.5 Å². The third-order valence-electron chi connectivity index (χ3n) is 4.90. The van der Waals surface area contributed by atoms with Gasteiger partial charge in [0, 0.05) is 11.5 Å². The first-order valence-electron chi connectivity index (χ1n) is 9.63. The number of amides is 2. The van der Waals surface area contributed by atoms with Crippen LogP contribution in [0.1, 0.15) is 17.2 Å². The average Bonchev–Trinajstić information content (AvgIpc) is 2.89. The van der Waals surface area contributed by atoms with E-state index in [9.17, 15) is 19.5 Å². The highest BCUT2D eigenvalue weighted by atomic mass is 32.2. The zero-order chi connectivity index (χ0) is 21.5. The van der Waals surface area contributed by atoms with Crippen molar-refractivity contribution in [1.82, 2.24) is 10.2 Å². The van der Waals surface area contributed by atoms with Crippen LogP contribution in [0.3, 0.4) is 0 Å². The first-order chi connectivity index (χ1) is 14.5. The Bertz CT molecular complexity index is 879. The lowest BCUT2D eigenvalue weighted by molar-refractivity contribution is -0.147. The van der Waals surface area contributed by atoms with Gasteiger partial charge in [0.25, 0.3) is 0 Å². The number of thioether (sulfide) groups is 1. The first kappa shape index (κ1) is 22.2. The fourth-order valence-corrected chi connectivity index (χ4v) is 4.88. The standard InChI is InChI=1S/C22H24N2O4S2/c25-20(26)12-24-18(16-9-5-2-6-10-16)14-30-13-17(22(24)28)23-21(27)19(29)11-15-7-3-1-4-8-15/h1-10,17-19,29H,11-14H2,(H,23,27)(H,25,26). The van der Waals surface area contributed by atoms with E-state index in [0.717, 1.165) is 11.1 Å². The van der Waals surface area contributed by atoms with E-state index in [-0.39, 0.29) is 17.9 Å². The Labute approximate surface area is 185 Å². The lowest BCUT2D eigenvalue weighted by Gasteiger charge is -2.30. The second-order valence-electron chi connectivity index (χ2n) is 7.09. The minimum Gasteiger partial charge on any atom is -0.480 e. The summed E-state index contributed by atoms with van der Waals surface area (Å²) in [5.41, 5.74) is 1.86. The van der Waals surface area contributed by atoms with Gasteiger partial charge in [-0.3, -0.25) is 14.4 Å². The van der Waals surface area contributed by atoms with Gasteiger partial charge in [0.2, 0.25) is 11.8 Å². The number of thiol groups is 1. The van der Waals surface area contributed by atoms with Gasteiger partial charge in [-0.2, -0.15) is 24.4 Å². The van der Waals surface area contributed by atoms with Crippen molar-refractivity contribution in [3.63, 3.8) is 0 Å². The molecule has 158 valence electrons. The second-order valence-corrected chi connectivity index (χ2v) is 8.79. The number of carbonyl (C=O) groups excluding carboxylic acids is 2. The van der Waals surface area contributed by atoms with E-state index in [4.69, 9.17) is 0 Å². The molecule has 1 heterocycles. The second kappa shape index (κ2) is 10.5. The smallest absolute Gasteiger partial charge is 0.323 e. The Morgan fingerprint density at radius 1 is 1.10 bits per heavy atom. The van der Waals surface area contributed by atoms with Crippen molar-refractivity contribution in [2.24, 2.45) is 0 Å². The predicted octanol–water partition coefficient (Wildman–Crippen LogP) is 2.41. The SMILES string of the molecule is O=C(O)CN1C(=O)C(NC(=O)C(S)Cc2ccccc2)CSCC1c1ccccc1. The van der Waals surface area contributed by atoms with Crippen LogP contribution in [0.2, 0.25) is 0 Å². The molecular formula is C22H24N2O4S2. The molecule has 2 aromatic carbocycles. The summed E-state index contributed by atoms with van der Waals surface area (Å²) in [5, 5.41) is 11.5. The quantitative estimate of drug-likeness (QED) is 0.571. The summed E-state index contributed by atoms with van der Waals surface area (Å²) >= 11 is 5.93. The molecule has 2 N–H and O–H groups in total. The van der Waals surface area contributed by atoms with Crippen LogP contribution in [-0.2, 0) is 20.8 Å². The van der Waals surface area contributed by atoms with Gasteiger partial charge < -0.3 is 15.3 Å². The molecule has 0 bridgehead atoms. The highest BCUT2D eigenvalue weighted by Gasteiger charge is 2.36. The molecule has 0 spiro atoms. The number of carbonyl (C=O) groups is 3. The topological polar surface area (TPSA) is 86.7 Å². The number of hydrogen-bond donors (Lipinski definition) is 3. The third-order valence-corrected chi connectivity index (χ3v) is 6.44. The maximum absolute atomic E-state index is 13.2. The van der Waals surface area contributed by atoms with Gasteiger partial charge in [0.1, 0.15) is 12.6 Å². The summed E-state index contributed by atoms with van der Waals surface area (Å²) < 4.78 is 0. The molecule has 2 aromatic rings. The molecule has 6 nitrogen and oxygen atoms in total. The number of benzene rings is 2. The van der Waals surface area contributed by atoms with Gasteiger partial charge in [0.05, 0.1) is 11.3 Å². The third kappa shape index (κ3) is 5.79. The van der Waals surface area contributed by atoms with E-state index in [1.807, 2.05) is 60.7 Å². The van der Waals surface area contributed by atoms with E-state index < -0.39 is 23.8 Å². The fourth-order valence-electron chi connectivity index (χ4n) is 3.40. The van der Waals surface area contributed by atoms with E-state index in [2.05, 4.69) is 17.9 Å². The van der Waals surface area contributed by atoms with Gasteiger partial charge >= 0.3 is 5.97 Å². The highest BCUT2D eigenvalue weighted by Crippen LogP contribution is 2.29. The molecule has 30 heavy (non-hydrogen) atoms. The van der Waals surface area contributed by atoms with Gasteiger partial charge in [0.15, 0.2) is 0 Å². The number of rotatable bonds is 7. The summed E-state index contributed by atoms with van der Waals surface area (Å²) in [6.45, 7) is -0.417. The maximum atomic E-state index is 13.2. The molecule has 8 heteroatoms. The van der Waals surface area contributed by atoms with Crippen LogP contribution < -0.4 is 5.32 Å². The summed E-state index contributed by atoms with van der Waals surface area (Å²) in [7, 11) is 0. The van der Waals surface area contributed by atoms with Crippen molar-refractivity contribution in [2.45, 2.75) is 23.8 Å². The van der Waals surface area contributed by atoms with Crippen molar-refractivity contribution in [3.8, 4) is 0 Å². The van der Waals surface area contributed by atoms with Crippen LogP contribution >= 0.6 is 24.4 Å². The molecule has 1 aliphatic rings. The van der Waals surface area contributed by atoms with E-state index in [1.54, 1.807) is 0 Å². The largest absolute Gasteiger partial charge is 0.480 e. The molecular weight excluding hydrogens is 420 g/mol. The summed E-state index contributed by atoms with van der Waals surface area (Å²) in [6.07, 6.45) is 0.440. The average molecular weight is 445 g/mol. The van der Waals surface area contributed by atoms with Gasteiger partial charge in [-0.15, -0.1) is 0 Å². The Hall–Kier alpha value is -2.45. The van der Waals surface area contributed by atoms with Crippen LogP contribution in [0, 0.1) is 0 Å². The van der Waals surface area contributed by atoms with E-state index in [0.29, 0.717) is 17.9 Å². The van der Waals surface area contributed by atoms with Crippen LogP contribution in [0.5, 0.6) is 0 Å². The normalized spacial score (nSPS) is 20.3. The Morgan fingerprint density at radius 3 is 2.37 bits per heavy atom. The Kier molecular flexibility index (Phi) is 7.81. The zero-order valence-corrected chi connectivity index (χ0v) is 18.0. The maximum Gasteiger partial charge on any atom is 0.323 e. The minimum absolute atomic E-state index is 0.338. The van der Waals surface area contributed by atoms with Crippen LogP contribution in [-0.4, -0.2) is 57.1 Å². The van der Waals surface area contributed by atoms with Gasteiger partial charge in [-0.25, -0.2) is 0 Å². The van der Waals surface area contributed by atoms with Crippen molar-refractivity contribution in [2.75, 3.05) is 18.1 Å². The molecule has 0 saturated carbocycles. The number of nitrogens with zero attached hydrogens (tertiary/aromatic N) is 1. The van der Waals surface area contributed by atoms with Gasteiger partial charge in [-0.05, 0) is 17.5 Å². The van der Waals surface area contributed by atoms with Gasteiger partial charge in [-0.1, -0.05) is 60.7 Å². The molecule has 2 amide bonds. The minimum atomic E-state index is -1.09. The van der Waals surface area contributed by atoms with Crippen LogP contribution in [0.25, 0.3) is 0 Å². The monoisotopic (exact) mass is 444 g/mol. The molecule has 3 rings (SSSR count). The predicted molar refractivity (Wildman–Crippen MR) is 121 cm³/mol. The first-order valence-corrected chi connectivity index (χ1v) is 11.3. The van der Waals surface area contributed by atoms with Crippen molar-refractivity contribution >= 4 is 42.2 Å². The molecule has 3 unspecified atom stereocenters. The van der Waals surface area contributed by atoms with Crippen LogP contribution in [0.4, 0.5) is 0 Å². The molecule has 3 atom stereocenters. The zero-order valence-electron chi connectivity index (χ0n) is 16.3. The molecule has 1 aliphatic heterocycles. The number of carboxylic acid groups (broad SMARTS) is 1. The number of hydrogen-bond acceptors (Lipinski definition) is 5. The Morgan fingerprint density at radius 2 is 1.73 bits per heavy atom. The lowest BCUT2D eigenvalue weighted by atomic mass is 10.1. The Balaban J connectivity index is 1.73. The number of carboxylic acids is 1. The molecule has 0 aromatic heterocycles. The number of aliphatic carboxylic acids is 1. The van der Waals surface area contributed by atoms with E-state index in [1.165, 1.54) is 16.7 Å². The van der Waals surface area contributed by atoms with E-state index >= 15 is 0 Å². The molecule has 1 fully saturated rings. The molecule has 0 aliphatic carbocycles. The number of nitrogens with one attached hydrogen (secondary N) is 1. The van der Waals surface area contributed by atoms with Crippen LogP contribution in [0.15, 0.2) is 60.7 Å².